The Kier molecular flexibility index (Phi) is 3.90. The molecule has 3 rings (SSSR count). The molecule has 1 aromatic heterocycles. The number of benzene rings is 2. The number of hydrogen-bond donors (Lipinski definition) is 6. The predicted molar refractivity (Wildman–Crippen MR) is 94.9 cm³/mol. The molecular weight excluding hydrogens is 320 g/mol. The average Bonchev–Trinajstić information content (AvgIpc) is 3.04. The molecule has 126 valence electrons. The Bertz CT molecular complexity index is 914. The van der Waals surface area contributed by atoms with Crippen LogP contribution in [0.15, 0.2) is 52.9 Å². The molecule has 2 aromatic carbocycles. The Morgan fingerprint density at radius 1 is 0.720 bits per heavy atom. The van der Waals surface area contributed by atoms with E-state index in [1.165, 1.54) is 24.3 Å². The maximum atomic E-state index is 9.60. The molecule has 0 atom stereocenters. The summed E-state index contributed by atoms with van der Waals surface area (Å²) >= 11 is 0. The van der Waals surface area contributed by atoms with Gasteiger partial charge in [-0.1, -0.05) is 0 Å². The van der Waals surface area contributed by atoms with Crippen LogP contribution in [-0.4, -0.2) is 21.9 Å². The van der Waals surface area contributed by atoms with Crippen molar-refractivity contribution in [2.24, 2.45) is 11.5 Å². The number of phenolic OH excluding ortho intramolecular Hbond substituents is 2. The summed E-state index contributed by atoms with van der Waals surface area (Å²) in [5, 5.41) is 34.5. The van der Waals surface area contributed by atoms with E-state index < -0.39 is 0 Å². The highest BCUT2D eigenvalue weighted by Crippen LogP contribution is 2.34. The van der Waals surface area contributed by atoms with Crippen LogP contribution >= 0.6 is 0 Å². The van der Waals surface area contributed by atoms with Crippen molar-refractivity contribution in [3.8, 4) is 34.1 Å². The quantitative estimate of drug-likeness (QED) is 0.319. The second-order valence-corrected chi connectivity index (χ2v) is 5.45. The summed E-state index contributed by atoms with van der Waals surface area (Å²) in [6.45, 7) is 0. The number of aromatic hydroxyl groups is 2. The summed E-state index contributed by atoms with van der Waals surface area (Å²) in [5.41, 5.74) is 13.0. The minimum Gasteiger partial charge on any atom is -0.508 e. The van der Waals surface area contributed by atoms with E-state index in [-0.39, 0.29) is 23.2 Å². The van der Waals surface area contributed by atoms with Crippen LogP contribution in [-0.2, 0) is 0 Å². The number of nitrogens with one attached hydrogen (secondary N) is 2. The zero-order valence-corrected chi connectivity index (χ0v) is 13.1. The van der Waals surface area contributed by atoms with E-state index in [0.717, 1.165) is 0 Å². The third kappa shape index (κ3) is 3.02. The van der Waals surface area contributed by atoms with Crippen molar-refractivity contribution in [3.05, 3.63) is 59.7 Å². The second kappa shape index (κ2) is 6.04. The molecule has 0 bridgehead atoms. The Balaban J connectivity index is 2.11. The average molecular weight is 336 g/mol. The first kappa shape index (κ1) is 16.1. The van der Waals surface area contributed by atoms with Gasteiger partial charge in [-0.2, -0.15) is 0 Å². The molecule has 1 heterocycles. The van der Waals surface area contributed by atoms with Crippen LogP contribution in [0.3, 0.4) is 0 Å². The standard InChI is InChI=1S/C18H16N4O3/c19-17(20)13-7-9(23)1-3-11(13)15-5-6-16(25-15)12-4-2-10(24)8-14(12)18(21)22/h1-8,23-24H,(H3,19,20)(H3,21,22). The Labute approximate surface area is 143 Å². The zero-order chi connectivity index (χ0) is 18.1. The van der Waals surface area contributed by atoms with Gasteiger partial charge in [-0.25, -0.2) is 0 Å². The van der Waals surface area contributed by atoms with E-state index in [4.69, 9.17) is 26.7 Å². The molecule has 0 unspecified atom stereocenters. The summed E-state index contributed by atoms with van der Waals surface area (Å²) in [6.07, 6.45) is 0. The van der Waals surface area contributed by atoms with Crippen LogP contribution in [0.2, 0.25) is 0 Å². The van der Waals surface area contributed by atoms with Crippen molar-refractivity contribution in [2.75, 3.05) is 0 Å². The smallest absolute Gasteiger partial charge is 0.135 e. The lowest BCUT2D eigenvalue weighted by Gasteiger charge is -2.08. The summed E-state index contributed by atoms with van der Waals surface area (Å²) in [6, 6.07) is 12.4. The second-order valence-electron chi connectivity index (χ2n) is 5.45. The van der Waals surface area contributed by atoms with Crippen molar-refractivity contribution in [2.45, 2.75) is 0 Å². The molecule has 7 nitrogen and oxygen atoms in total. The first-order valence-electron chi connectivity index (χ1n) is 7.32. The van der Waals surface area contributed by atoms with Crippen molar-refractivity contribution in [1.82, 2.24) is 0 Å². The fraction of sp³-hybridized carbons (Fsp3) is 0. The third-order valence-electron chi connectivity index (χ3n) is 3.72. The summed E-state index contributed by atoms with van der Waals surface area (Å²) in [4.78, 5) is 0. The van der Waals surface area contributed by atoms with Gasteiger partial charge < -0.3 is 26.1 Å². The Morgan fingerprint density at radius 3 is 1.48 bits per heavy atom. The van der Waals surface area contributed by atoms with Gasteiger partial charge in [0.15, 0.2) is 0 Å². The highest BCUT2D eigenvalue weighted by Gasteiger charge is 2.16. The molecule has 0 aliphatic heterocycles. The summed E-state index contributed by atoms with van der Waals surface area (Å²) < 4.78 is 5.85. The number of hydrogen-bond acceptors (Lipinski definition) is 5. The van der Waals surface area contributed by atoms with E-state index in [1.54, 1.807) is 24.3 Å². The lowest BCUT2D eigenvalue weighted by Crippen LogP contribution is -2.12. The molecule has 7 heteroatoms. The fourth-order valence-corrected chi connectivity index (χ4v) is 2.57. The molecule has 0 saturated carbocycles. The number of nitrogen functional groups attached to an aromatic ring is 2. The van der Waals surface area contributed by atoms with E-state index in [0.29, 0.717) is 33.8 Å². The topological polar surface area (TPSA) is 153 Å². The molecule has 25 heavy (non-hydrogen) atoms. The largest absolute Gasteiger partial charge is 0.508 e. The predicted octanol–water partition coefficient (Wildman–Crippen LogP) is 2.59. The molecule has 0 radical (unpaired) electrons. The lowest BCUT2D eigenvalue weighted by molar-refractivity contribution is 0.474. The van der Waals surface area contributed by atoms with Crippen LogP contribution in [0.1, 0.15) is 11.1 Å². The zero-order valence-electron chi connectivity index (χ0n) is 13.1. The van der Waals surface area contributed by atoms with Gasteiger partial charge in [-0.15, -0.1) is 0 Å². The van der Waals surface area contributed by atoms with Crippen molar-refractivity contribution in [3.63, 3.8) is 0 Å². The molecule has 0 aliphatic carbocycles. The molecule has 0 spiro atoms. The highest BCUT2D eigenvalue weighted by molar-refractivity contribution is 6.02. The molecular formula is C18H16N4O3. The van der Waals surface area contributed by atoms with Gasteiger partial charge in [-0.3, -0.25) is 10.8 Å². The molecule has 8 N–H and O–H groups in total. The van der Waals surface area contributed by atoms with E-state index in [9.17, 15) is 10.2 Å². The van der Waals surface area contributed by atoms with Crippen LogP contribution in [0.25, 0.3) is 22.6 Å². The van der Waals surface area contributed by atoms with Gasteiger partial charge in [0.05, 0.1) is 0 Å². The lowest BCUT2D eigenvalue weighted by atomic mass is 10.0. The minimum absolute atomic E-state index is 0.00173. The fourth-order valence-electron chi connectivity index (χ4n) is 2.57. The SMILES string of the molecule is N=C(N)c1cc(O)ccc1-c1ccc(-c2ccc(O)cc2C(=N)N)o1. The molecule has 0 saturated heterocycles. The number of furan rings is 1. The maximum Gasteiger partial charge on any atom is 0.135 e. The Hall–Kier alpha value is -3.74. The molecule has 3 aromatic rings. The van der Waals surface area contributed by atoms with Gasteiger partial charge >= 0.3 is 0 Å². The highest BCUT2D eigenvalue weighted by atomic mass is 16.3. The van der Waals surface area contributed by atoms with Gasteiger partial charge in [0.2, 0.25) is 0 Å². The third-order valence-corrected chi connectivity index (χ3v) is 3.72. The number of nitrogens with two attached hydrogens (primary N) is 2. The van der Waals surface area contributed by atoms with Gasteiger partial charge in [-0.05, 0) is 48.5 Å². The van der Waals surface area contributed by atoms with Crippen LogP contribution in [0, 0.1) is 10.8 Å². The first-order valence-corrected chi connectivity index (χ1v) is 7.32. The van der Waals surface area contributed by atoms with E-state index in [1.807, 2.05) is 0 Å². The number of rotatable bonds is 4. The Morgan fingerprint density at radius 2 is 1.12 bits per heavy atom. The van der Waals surface area contributed by atoms with Crippen LogP contribution in [0.4, 0.5) is 0 Å². The number of phenols is 2. The summed E-state index contributed by atoms with van der Waals surface area (Å²) in [5.74, 6) is 0.498. The monoisotopic (exact) mass is 336 g/mol. The van der Waals surface area contributed by atoms with Gasteiger partial charge in [0, 0.05) is 22.3 Å². The van der Waals surface area contributed by atoms with Crippen LogP contribution in [0.5, 0.6) is 11.5 Å². The molecule has 0 aliphatic rings. The number of amidine groups is 2. The molecule has 0 fully saturated rings. The van der Waals surface area contributed by atoms with Crippen molar-refractivity contribution < 1.29 is 14.6 Å². The van der Waals surface area contributed by atoms with Crippen LogP contribution < -0.4 is 11.5 Å². The van der Waals surface area contributed by atoms with E-state index >= 15 is 0 Å². The first-order chi connectivity index (χ1) is 11.9. The summed E-state index contributed by atoms with van der Waals surface area (Å²) in [7, 11) is 0. The van der Waals surface area contributed by atoms with Gasteiger partial charge in [0.1, 0.15) is 34.7 Å². The minimum atomic E-state index is -0.196. The van der Waals surface area contributed by atoms with Gasteiger partial charge in [0.25, 0.3) is 0 Å². The normalized spacial score (nSPS) is 10.6. The maximum absolute atomic E-state index is 9.60. The van der Waals surface area contributed by atoms with Crippen molar-refractivity contribution >= 4 is 11.7 Å². The van der Waals surface area contributed by atoms with Crippen molar-refractivity contribution in [1.29, 1.82) is 10.8 Å². The molecule has 0 amide bonds. The van der Waals surface area contributed by atoms with E-state index in [2.05, 4.69) is 0 Å².